The normalized spacial score (nSPS) is 11.6. The second kappa shape index (κ2) is 9.84. The van der Waals surface area contributed by atoms with Crippen LogP contribution < -0.4 is 4.90 Å². The zero-order valence-corrected chi connectivity index (χ0v) is 20.1. The van der Waals surface area contributed by atoms with Crippen LogP contribution in [0.5, 0.6) is 0 Å². The summed E-state index contributed by atoms with van der Waals surface area (Å²) in [6.45, 7) is 0.952. The van der Waals surface area contributed by atoms with Crippen molar-refractivity contribution in [3.63, 3.8) is 0 Å². The monoisotopic (exact) mass is 507 g/mol. The van der Waals surface area contributed by atoms with Crippen molar-refractivity contribution in [2.75, 3.05) is 25.5 Å². The van der Waals surface area contributed by atoms with Crippen molar-refractivity contribution in [1.82, 2.24) is 23.6 Å². The lowest BCUT2D eigenvalue weighted by Gasteiger charge is -2.24. The lowest BCUT2D eigenvalue weighted by atomic mass is 10.2. The molecule has 0 atom stereocenters. The molecule has 4 aromatic rings. The van der Waals surface area contributed by atoms with Crippen LogP contribution in [0.2, 0.25) is 0 Å². The highest BCUT2D eigenvalue weighted by Gasteiger charge is 2.27. The Hall–Kier alpha value is -4.77. The molecule has 0 aliphatic carbocycles. The number of nitriles is 1. The van der Waals surface area contributed by atoms with Gasteiger partial charge in [-0.05, 0) is 18.2 Å². The van der Waals surface area contributed by atoms with Gasteiger partial charge >= 0.3 is 0 Å². The van der Waals surface area contributed by atoms with Gasteiger partial charge in [-0.15, -0.1) is 0 Å². The highest BCUT2D eigenvalue weighted by molar-refractivity contribution is 7.89. The first kappa shape index (κ1) is 24.4. The van der Waals surface area contributed by atoms with Gasteiger partial charge in [-0.25, -0.2) is 9.50 Å². The van der Waals surface area contributed by atoms with Crippen molar-refractivity contribution < 1.29 is 13.3 Å². The minimum absolute atomic E-state index is 0.254. The summed E-state index contributed by atoms with van der Waals surface area (Å²) in [6.07, 6.45) is 9.47. The molecule has 0 unspecified atom stereocenters. The molecule has 0 spiro atoms. The molecule has 4 rings (SSSR count). The summed E-state index contributed by atoms with van der Waals surface area (Å²) < 4.78 is 31.1. The molecule has 3 aromatic heterocycles. The van der Waals surface area contributed by atoms with E-state index in [0.29, 0.717) is 29.7 Å². The SMILES string of the molecule is CN(CCn1ccnc1)c1ccc([N+](=O)[O-])cc1S(=O)(=O)N(C)/N=C/c1cnn2ccc(C#N)cc12. The van der Waals surface area contributed by atoms with Gasteiger partial charge in [0.25, 0.3) is 15.7 Å². The molecule has 0 aliphatic rings. The number of sulfonamides is 1. The van der Waals surface area contributed by atoms with Crippen LogP contribution >= 0.6 is 0 Å². The van der Waals surface area contributed by atoms with E-state index >= 15 is 0 Å². The Morgan fingerprint density at radius 3 is 2.75 bits per heavy atom. The smallest absolute Gasteiger partial charge is 0.281 e. The Kier molecular flexibility index (Phi) is 6.66. The first-order valence-electron chi connectivity index (χ1n) is 10.6. The van der Waals surface area contributed by atoms with Crippen LogP contribution in [0.15, 0.2) is 71.4 Å². The highest BCUT2D eigenvalue weighted by Crippen LogP contribution is 2.31. The minimum Gasteiger partial charge on any atom is -0.372 e. The number of nitrogens with zero attached hydrogens (tertiary/aromatic N) is 9. The van der Waals surface area contributed by atoms with Gasteiger partial charge in [0.15, 0.2) is 0 Å². The average molecular weight is 508 g/mol. The molecule has 14 heteroatoms. The van der Waals surface area contributed by atoms with E-state index in [-0.39, 0.29) is 16.3 Å². The zero-order chi connectivity index (χ0) is 25.9. The number of anilines is 1. The first-order chi connectivity index (χ1) is 17.2. The van der Waals surface area contributed by atoms with Gasteiger partial charge in [-0.1, -0.05) is 0 Å². The Bertz CT molecular complexity index is 1590. The number of fused-ring (bicyclic) bond motifs is 1. The van der Waals surface area contributed by atoms with Crippen molar-refractivity contribution in [2.45, 2.75) is 11.4 Å². The second-order valence-electron chi connectivity index (χ2n) is 7.77. The van der Waals surface area contributed by atoms with E-state index in [2.05, 4.69) is 15.2 Å². The third kappa shape index (κ3) is 4.86. The maximum absolute atomic E-state index is 13.5. The fraction of sp³-hybridized carbons (Fsp3) is 0.182. The number of imidazole rings is 1. The van der Waals surface area contributed by atoms with Gasteiger partial charge in [0, 0.05) is 63.5 Å². The second-order valence-corrected chi connectivity index (χ2v) is 9.69. The first-order valence-corrected chi connectivity index (χ1v) is 12.0. The number of hydrogen-bond acceptors (Lipinski definition) is 9. The number of hydrogen-bond donors (Lipinski definition) is 0. The molecule has 0 radical (unpaired) electrons. The summed E-state index contributed by atoms with van der Waals surface area (Å²) >= 11 is 0. The Morgan fingerprint density at radius 2 is 2.06 bits per heavy atom. The zero-order valence-electron chi connectivity index (χ0n) is 19.3. The lowest BCUT2D eigenvalue weighted by Crippen LogP contribution is -2.28. The third-order valence-corrected chi connectivity index (χ3v) is 7.16. The number of benzene rings is 1. The molecule has 0 saturated heterocycles. The highest BCUT2D eigenvalue weighted by atomic mass is 32.2. The topological polar surface area (TPSA) is 155 Å². The number of non-ortho nitro benzene ring substituents is 1. The van der Waals surface area contributed by atoms with Crippen molar-refractivity contribution in [3.05, 3.63) is 82.7 Å². The van der Waals surface area contributed by atoms with E-state index in [1.807, 2.05) is 10.6 Å². The fourth-order valence-electron chi connectivity index (χ4n) is 3.46. The number of nitro groups is 1. The van der Waals surface area contributed by atoms with Gasteiger partial charge in [-0.2, -0.15) is 28.3 Å². The molecule has 1 aromatic carbocycles. The van der Waals surface area contributed by atoms with Crippen LogP contribution in [0.1, 0.15) is 11.1 Å². The van der Waals surface area contributed by atoms with E-state index < -0.39 is 14.9 Å². The van der Waals surface area contributed by atoms with E-state index in [0.717, 1.165) is 10.5 Å². The third-order valence-electron chi connectivity index (χ3n) is 5.48. The minimum atomic E-state index is -4.27. The molecule has 0 fully saturated rings. The van der Waals surface area contributed by atoms with Crippen LogP contribution in [-0.2, 0) is 16.6 Å². The van der Waals surface area contributed by atoms with E-state index in [9.17, 15) is 18.5 Å². The van der Waals surface area contributed by atoms with Crippen LogP contribution in [0.3, 0.4) is 0 Å². The number of likely N-dealkylation sites (N-methyl/N-ethyl adjacent to an activating group) is 1. The van der Waals surface area contributed by atoms with E-state index in [4.69, 9.17) is 5.26 Å². The summed E-state index contributed by atoms with van der Waals surface area (Å²) in [5, 5.41) is 28.8. The number of rotatable bonds is 9. The number of aromatic nitrogens is 4. The van der Waals surface area contributed by atoms with Gasteiger partial charge < -0.3 is 9.47 Å². The molecular formula is C22H21N9O4S. The van der Waals surface area contributed by atoms with Crippen LogP contribution in [-0.4, -0.2) is 63.8 Å². The quantitative estimate of drug-likeness (QED) is 0.189. The van der Waals surface area contributed by atoms with E-state index in [1.54, 1.807) is 49.0 Å². The standard InChI is InChI=1S/C22H21N9O4S/c1-27(9-10-29-8-6-24-16-29)20-4-3-19(31(32)33)12-22(20)36(34,35)28(2)25-14-18-15-26-30-7-5-17(13-23)11-21(18)30/h3-8,11-12,14-16H,9-10H2,1-2H3/b25-14+. The predicted molar refractivity (Wildman–Crippen MR) is 131 cm³/mol. The van der Waals surface area contributed by atoms with Crippen molar-refractivity contribution in [2.24, 2.45) is 5.10 Å². The summed E-state index contributed by atoms with van der Waals surface area (Å²) in [5.74, 6) is 0. The molecule has 0 aliphatic heterocycles. The average Bonchev–Trinajstić information content (AvgIpc) is 3.54. The maximum Gasteiger partial charge on any atom is 0.281 e. The molecule has 36 heavy (non-hydrogen) atoms. The largest absolute Gasteiger partial charge is 0.372 e. The summed E-state index contributed by atoms with van der Waals surface area (Å²) in [7, 11) is -1.33. The Balaban J connectivity index is 1.66. The van der Waals surface area contributed by atoms with Crippen molar-refractivity contribution in [3.8, 4) is 6.07 Å². The van der Waals surface area contributed by atoms with Gasteiger partial charge in [-0.3, -0.25) is 10.1 Å². The fourth-order valence-corrected chi connectivity index (χ4v) is 4.67. The van der Waals surface area contributed by atoms with Crippen LogP contribution in [0.4, 0.5) is 11.4 Å². The Morgan fingerprint density at radius 1 is 1.25 bits per heavy atom. The van der Waals surface area contributed by atoms with Crippen LogP contribution in [0, 0.1) is 21.4 Å². The van der Waals surface area contributed by atoms with Crippen molar-refractivity contribution >= 4 is 33.1 Å². The summed E-state index contributed by atoms with van der Waals surface area (Å²) in [5.41, 5.74) is 1.41. The molecule has 0 amide bonds. The van der Waals surface area contributed by atoms with Crippen molar-refractivity contribution in [1.29, 1.82) is 5.26 Å². The number of nitro benzene ring substituents is 1. The van der Waals surface area contributed by atoms with Gasteiger partial charge in [0.05, 0.1) is 46.5 Å². The van der Waals surface area contributed by atoms with Crippen LogP contribution in [0.25, 0.3) is 5.52 Å². The van der Waals surface area contributed by atoms with Gasteiger partial charge in [0.1, 0.15) is 4.90 Å². The number of hydrazone groups is 1. The maximum atomic E-state index is 13.5. The molecule has 0 saturated carbocycles. The van der Waals surface area contributed by atoms with Gasteiger partial charge in [0.2, 0.25) is 0 Å². The molecule has 0 bridgehead atoms. The molecule has 13 nitrogen and oxygen atoms in total. The predicted octanol–water partition coefficient (Wildman–Crippen LogP) is 2.10. The lowest BCUT2D eigenvalue weighted by molar-refractivity contribution is -0.385. The molecular weight excluding hydrogens is 486 g/mol. The molecule has 0 N–H and O–H groups in total. The Labute approximate surface area is 206 Å². The van der Waals surface area contributed by atoms with E-state index in [1.165, 1.54) is 36.1 Å². The summed E-state index contributed by atoms with van der Waals surface area (Å²) in [6, 6.07) is 8.95. The summed E-state index contributed by atoms with van der Waals surface area (Å²) in [4.78, 5) is 16.2. The molecule has 184 valence electrons. The molecule has 3 heterocycles. The number of pyridine rings is 1.